The molecule has 0 bridgehead atoms. The Morgan fingerprint density at radius 1 is 1.57 bits per heavy atom. The van der Waals surface area contributed by atoms with Crippen LogP contribution in [0.4, 0.5) is 5.95 Å². The van der Waals surface area contributed by atoms with Gasteiger partial charge >= 0.3 is 0 Å². The quantitative estimate of drug-likeness (QED) is 0.748. The highest BCUT2D eigenvalue weighted by Crippen LogP contribution is 2.31. The van der Waals surface area contributed by atoms with Crippen LogP contribution in [0, 0.1) is 19.8 Å². The molecule has 76 valence electrons. The van der Waals surface area contributed by atoms with E-state index in [0.717, 1.165) is 17.7 Å². The van der Waals surface area contributed by atoms with Crippen molar-refractivity contribution in [3.8, 4) is 0 Å². The molecule has 1 aromatic rings. The minimum absolute atomic E-state index is 0.252. The lowest BCUT2D eigenvalue weighted by atomic mass is 10.3. The van der Waals surface area contributed by atoms with Gasteiger partial charge in [0.1, 0.15) is 0 Å². The first kappa shape index (κ1) is 9.40. The standard InChI is InChI=1S/C10H15N3O/c1-6-4-11-10(12-7(6)2)13-9-3-8(9)5-14/h4,8-9,14H,3,5H2,1-2H3,(H,11,12,13). The molecule has 0 aliphatic heterocycles. The number of nitrogens with one attached hydrogen (secondary N) is 1. The number of nitrogens with zero attached hydrogens (tertiary/aromatic N) is 2. The monoisotopic (exact) mass is 193 g/mol. The Hall–Kier alpha value is -1.16. The third kappa shape index (κ3) is 1.85. The molecule has 4 heteroatoms. The van der Waals surface area contributed by atoms with Crippen molar-refractivity contribution in [3.63, 3.8) is 0 Å². The number of aromatic nitrogens is 2. The van der Waals surface area contributed by atoms with E-state index in [9.17, 15) is 0 Å². The maximum absolute atomic E-state index is 8.87. The minimum Gasteiger partial charge on any atom is -0.396 e. The molecular weight excluding hydrogens is 178 g/mol. The summed E-state index contributed by atoms with van der Waals surface area (Å²) in [4.78, 5) is 8.50. The molecule has 0 amide bonds. The average Bonchev–Trinajstić information content (AvgIpc) is 2.90. The van der Waals surface area contributed by atoms with E-state index in [2.05, 4.69) is 15.3 Å². The zero-order valence-electron chi connectivity index (χ0n) is 8.49. The predicted octanol–water partition coefficient (Wildman–Crippen LogP) is 0.886. The van der Waals surface area contributed by atoms with Crippen LogP contribution < -0.4 is 5.32 Å². The molecule has 2 rings (SSSR count). The van der Waals surface area contributed by atoms with Crippen LogP contribution in [0.2, 0.25) is 0 Å². The molecule has 2 unspecified atom stereocenters. The molecule has 0 radical (unpaired) electrons. The zero-order chi connectivity index (χ0) is 10.1. The van der Waals surface area contributed by atoms with Crippen LogP contribution in [0.15, 0.2) is 6.20 Å². The van der Waals surface area contributed by atoms with Crippen LogP contribution in [0.5, 0.6) is 0 Å². The van der Waals surface area contributed by atoms with Crippen molar-refractivity contribution < 1.29 is 5.11 Å². The summed E-state index contributed by atoms with van der Waals surface area (Å²) in [5.41, 5.74) is 2.11. The van der Waals surface area contributed by atoms with Crippen molar-refractivity contribution in [1.82, 2.24) is 9.97 Å². The van der Waals surface area contributed by atoms with E-state index in [4.69, 9.17) is 5.11 Å². The van der Waals surface area contributed by atoms with Crippen molar-refractivity contribution in [2.75, 3.05) is 11.9 Å². The van der Waals surface area contributed by atoms with Gasteiger partial charge in [-0.05, 0) is 25.8 Å². The van der Waals surface area contributed by atoms with Gasteiger partial charge in [-0.2, -0.15) is 0 Å². The maximum atomic E-state index is 8.87. The first-order chi connectivity index (χ1) is 6.70. The number of aliphatic hydroxyl groups excluding tert-OH is 1. The van der Waals surface area contributed by atoms with E-state index in [1.54, 1.807) is 0 Å². The van der Waals surface area contributed by atoms with E-state index in [-0.39, 0.29) is 6.61 Å². The molecule has 0 aromatic carbocycles. The molecule has 1 fully saturated rings. The topological polar surface area (TPSA) is 58.0 Å². The van der Waals surface area contributed by atoms with Crippen molar-refractivity contribution >= 4 is 5.95 Å². The summed E-state index contributed by atoms with van der Waals surface area (Å²) in [6, 6.07) is 0.363. The second-order valence-corrected chi connectivity index (χ2v) is 3.89. The fraction of sp³-hybridized carbons (Fsp3) is 0.600. The maximum Gasteiger partial charge on any atom is 0.223 e. The van der Waals surface area contributed by atoms with Crippen LogP contribution in [-0.2, 0) is 0 Å². The van der Waals surface area contributed by atoms with Crippen LogP contribution >= 0.6 is 0 Å². The van der Waals surface area contributed by atoms with Crippen molar-refractivity contribution in [2.24, 2.45) is 5.92 Å². The third-order valence-electron chi connectivity index (χ3n) is 2.70. The molecular formula is C10H15N3O. The average molecular weight is 193 g/mol. The van der Waals surface area contributed by atoms with Gasteiger partial charge in [0.25, 0.3) is 0 Å². The summed E-state index contributed by atoms with van der Waals surface area (Å²) in [6.45, 7) is 4.22. The molecule has 1 heterocycles. The van der Waals surface area contributed by atoms with E-state index < -0.39 is 0 Å². The highest BCUT2D eigenvalue weighted by atomic mass is 16.3. The van der Waals surface area contributed by atoms with Crippen LogP contribution in [0.25, 0.3) is 0 Å². The van der Waals surface area contributed by atoms with Crippen LogP contribution in [0.1, 0.15) is 17.7 Å². The Balaban J connectivity index is 2.00. The van der Waals surface area contributed by atoms with Gasteiger partial charge in [0.2, 0.25) is 5.95 Å². The Morgan fingerprint density at radius 2 is 2.36 bits per heavy atom. The number of aryl methyl sites for hydroxylation is 2. The lowest BCUT2D eigenvalue weighted by molar-refractivity contribution is 0.275. The smallest absolute Gasteiger partial charge is 0.223 e. The zero-order valence-corrected chi connectivity index (χ0v) is 8.49. The molecule has 4 nitrogen and oxygen atoms in total. The van der Waals surface area contributed by atoms with Crippen molar-refractivity contribution in [1.29, 1.82) is 0 Å². The summed E-state index contributed by atoms with van der Waals surface area (Å²) in [7, 11) is 0. The normalized spacial score (nSPS) is 24.8. The Morgan fingerprint density at radius 3 is 2.93 bits per heavy atom. The predicted molar refractivity (Wildman–Crippen MR) is 54.1 cm³/mol. The van der Waals surface area contributed by atoms with Gasteiger partial charge in [0.15, 0.2) is 0 Å². The van der Waals surface area contributed by atoms with E-state index in [0.29, 0.717) is 17.9 Å². The largest absolute Gasteiger partial charge is 0.396 e. The molecule has 2 atom stereocenters. The van der Waals surface area contributed by atoms with Gasteiger partial charge in [-0.25, -0.2) is 9.97 Å². The van der Waals surface area contributed by atoms with Gasteiger partial charge in [-0.1, -0.05) is 0 Å². The van der Waals surface area contributed by atoms with Gasteiger partial charge in [0, 0.05) is 30.5 Å². The second-order valence-electron chi connectivity index (χ2n) is 3.89. The number of aliphatic hydroxyl groups is 1. The third-order valence-corrected chi connectivity index (χ3v) is 2.70. The second kappa shape index (κ2) is 3.53. The minimum atomic E-state index is 0.252. The summed E-state index contributed by atoms with van der Waals surface area (Å²) in [6.07, 6.45) is 2.84. The highest BCUT2D eigenvalue weighted by Gasteiger charge is 2.36. The Bertz CT molecular complexity index is 340. The number of hydrogen-bond acceptors (Lipinski definition) is 4. The molecule has 1 aliphatic rings. The van der Waals surface area contributed by atoms with Gasteiger partial charge in [0.05, 0.1) is 0 Å². The SMILES string of the molecule is Cc1cnc(NC2CC2CO)nc1C. The summed E-state index contributed by atoms with van der Waals surface area (Å²) >= 11 is 0. The lowest BCUT2D eigenvalue weighted by Gasteiger charge is -2.05. The van der Waals surface area contributed by atoms with Gasteiger partial charge < -0.3 is 10.4 Å². The molecule has 0 saturated heterocycles. The van der Waals surface area contributed by atoms with Crippen molar-refractivity contribution in [3.05, 3.63) is 17.5 Å². The first-order valence-electron chi connectivity index (χ1n) is 4.88. The van der Waals surface area contributed by atoms with Gasteiger partial charge in [-0.3, -0.25) is 0 Å². The Labute approximate surface area is 83.4 Å². The van der Waals surface area contributed by atoms with Crippen molar-refractivity contribution in [2.45, 2.75) is 26.3 Å². The molecule has 14 heavy (non-hydrogen) atoms. The van der Waals surface area contributed by atoms with E-state index in [1.807, 2.05) is 20.0 Å². The number of anilines is 1. The van der Waals surface area contributed by atoms with Gasteiger partial charge in [-0.15, -0.1) is 0 Å². The fourth-order valence-corrected chi connectivity index (χ4v) is 1.39. The highest BCUT2D eigenvalue weighted by molar-refractivity contribution is 5.32. The molecule has 1 aliphatic carbocycles. The van der Waals surface area contributed by atoms with E-state index >= 15 is 0 Å². The molecule has 1 aromatic heterocycles. The van der Waals surface area contributed by atoms with Crippen LogP contribution in [-0.4, -0.2) is 27.7 Å². The molecule has 2 N–H and O–H groups in total. The summed E-state index contributed by atoms with van der Waals surface area (Å²) in [5, 5.41) is 12.1. The number of hydrogen-bond donors (Lipinski definition) is 2. The van der Waals surface area contributed by atoms with Crippen LogP contribution in [0.3, 0.4) is 0 Å². The summed E-state index contributed by atoms with van der Waals surface area (Å²) < 4.78 is 0. The van der Waals surface area contributed by atoms with E-state index in [1.165, 1.54) is 0 Å². The lowest BCUT2D eigenvalue weighted by Crippen LogP contribution is -2.10. The fourth-order valence-electron chi connectivity index (χ4n) is 1.39. The number of rotatable bonds is 3. The summed E-state index contributed by atoms with van der Waals surface area (Å²) in [5.74, 6) is 1.06. The molecule has 0 spiro atoms. The first-order valence-corrected chi connectivity index (χ1v) is 4.88. The Kier molecular flexibility index (Phi) is 2.37. The molecule has 1 saturated carbocycles.